The molecule has 1 amide bonds. The molecule has 1 atom stereocenters. The van der Waals surface area contributed by atoms with Crippen molar-refractivity contribution >= 4 is 24.3 Å². The Morgan fingerprint density at radius 3 is 3.09 bits per heavy atom. The molecular weight excluding hydrogens is 320 g/mol. The van der Waals surface area contributed by atoms with E-state index in [1.165, 1.54) is 6.42 Å². The SMILES string of the molecule is Cl.Nc1n[nH]c(CNC(=O)Cn2ccc(C3CCCNC3)n2)n1. The van der Waals surface area contributed by atoms with Gasteiger partial charge in [0.15, 0.2) is 0 Å². The van der Waals surface area contributed by atoms with Gasteiger partial charge < -0.3 is 16.4 Å². The Morgan fingerprint density at radius 2 is 2.39 bits per heavy atom. The number of nitrogen functional groups attached to an aromatic ring is 1. The Kier molecular flexibility index (Phi) is 5.94. The predicted molar refractivity (Wildman–Crippen MR) is 87.0 cm³/mol. The molecule has 2 aromatic heterocycles. The van der Waals surface area contributed by atoms with Crippen LogP contribution in [0.3, 0.4) is 0 Å². The molecule has 3 heterocycles. The number of H-pyrrole nitrogens is 1. The number of carbonyl (C=O) groups is 1. The molecule has 0 bridgehead atoms. The van der Waals surface area contributed by atoms with Crippen LogP contribution in [0.5, 0.6) is 0 Å². The quantitative estimate of drug-likeness (QED) is 0.596. The summed E-state index contributed by atoms with van der Waals surface area (Å²) in [4.78, 5) is 15.8. The van der Waals surface area contributed by atoms with Crippen molar-refractivity contribution < 1.29 is 4.79 Å². The molecule has 1 aliphatic heterocycles. The van der Waals surface area contributed by atoms with E-state index in [1.54, 1.807) is 4.68 Å². The van der Waals surface area contributed by atoms with Crippen LogP contribution in [0.1, 0.15) is 30.3 Å². The van der Waals surface area contributed by atoms with Gasteiger partial charge >= 0.3 is 0 Å². The summed E-state index contributed by atoms with van der Waals surface area (Å²) >= 11 is 0. The second-order valence-corrected chi connectivity index (χ2v) is 5.40. The third kappa shape index (κ3) is 4.67. The van der Waals surface area contributed by atoms with Crippen molar-refractivity contribution in [3.05, 3.63) is 23.8 Å². The standard InChI is InChI=1S/C13H20N8O.ClH/c14-13-17-11(18-19-13)7-16-12(22)8-21-5-3-10(20-21)9-2-1-4-15-6-9;/h3,5,9,15H,1-2,4,6-8H2,(H,16,22)(H3,14,17,18,19);1H. The maximum Gasteiger partial charge on any atom is 0.242 e. The molecule has 126 valence electrons. The Balaban J connectivity index is 0.00000192. The van der Waals surface area contributed by atoms with E-state index in [-0.39, 0.29) is 37.4 Å². The van der Waals surface area contributed by atoms with Crippen molar-refractivity contribution in [1.29, 1.82) is 0 Å². The van der Waals surface area contributed by atoms with E-state index in [1.807, 2.05) is 12.3 Å². The molecule has 1 unspecified atom stereocenters. The van der Waals surface area contributed by atoms with Crippen LogP contribution in [0, 0.1) is 0 Å². The molecule has 9 nitrogen and oxygen atoms in total. The lowest BCUT2D eigenvalue weighted by molar-refractivity contribution is -0.122. The second kappa shape index (κ2) is 7.93. The number of carbonyl (C=O) groups excluding carboxylic acids is 1. The van der Waals surface area contributed by atoms with Gasteiger partial charge in [0.05, 0.1) is 12.2 Å². The first-order chi connectivity index (χ1) is 10.7. The van der Waals surface area contributed by atoms with Crippen LogP contribution < -0.4 is 16.4 Å². The molecule has 1 aliphatic rings. The van der Waals surface area contributed by atoms with Crippen LogP contribution in [0.4, 0.5) is 5.95 Å². The molecule has 23 heavy (non-hydrogen) atoms. The molecule has 0 saturated carbocycles. The van der Waals surface area contributed by atoms with E-state index in [0.717, 1.165) is 25.2 Å². The maximum absolute atomic E-state index is 11.9. The minimum absolute atomic E-state index is 0. The molecule has 0 aliphatic carbocycles. The number of amides is 1. The van der Waals surface area contributed by atoms with Crippen LogP contribution in [0.2, 0.25) is 0 Å². The van der Waals surface area contributed by atoms with Gasteiger partial charge in [0.25, 0.3) is 0 Å². The fourth-order valence-electron chi connectivity index (χ4n) is 2.56. The van der Waals surface area contributed by atoms with E-state index in [9.17, 15) is 4.79 Å². The molecule has 10 heteroatoms. The lowest BCUT2D eigenvalue weighted by Gasteiger charge is -2.20. The molecule has 0 aromatic carbocycles. The second-order valence-electron chi connectivity index (χ2n) is 5.40. The fraction of sp³-hybridized carbons (Fsp3) is 0.538. The minimum Gasteiger partial charge on any atom is -0.367 e. The summed E-state index contributed by atoms with van der Waals surface area (Å²) in [5.74, 6) is 1.00. The van der Waals surface area contributed by atoms with Crippen LogP contribution in [-0.2, 0) is 17.9 Å². The highest BCUT2D eigenvalue weighted by molar-refractivity contribution is 5.85. The molecule has 2 aromatic rings. The van der Waals surface area contributed by atoms with E-state index < -0.39 is 0 Å². The lowest BCUT2D eigenvalue weighted by Crippen LogP contribution is -2.29. The van der Waals surface area contributed by atoms with Crippen molar-refractivity contribution in [2.45, 2.75) is 31.8 Å². The number of hydrogen-bond acceptors (Lipinski definition) is 6. The largest absolute Gasteiger partial charge is 0.367 e. The number of halogens is 1. The third-order valence-electron chi connectivity index (χ3n) is 3.68. The van der Waals surface area contributed by atoms with Gasteiger partial charge in [-0.25, -0.2) is 0 Å². The highest BCUT2D eigenvalue weighted by Gasteiger charge is 2.17. The number of anilines is 1. The number of aromatic nitrogens is 5. The molecule has 0 radical (unpaired) electrons. The topological polar surface area (TPSA) is 127 Å². The van der Waals surface area contributed by atoms with Crippen LogP contribution >= 0.6 is 12.4 Å². The Labute approximate surface area is 139 Å². The zero-order valence-electron chi connectivity index (χ0n) is 12.7. The number of hydrogen-bond donors (Lipinski definition) is 4. The lowest BCUT2D eigenvalue weighted by atomic mass is 9.97. The van der Waals surface area contributed by atoms with Crippen molar-refractivity contribution in [3.8, 4) is 0 Å². The van der Waals surface area contributed by atoms with E-state index in [2.05, 4.69) is 30.9 Å². The van der Waals surface area contributed by atoms with Gasteiger partial charge in [-0.3, -0.25) is 14.6 Å². The van der Waals surface area contributed by atoms with Gasteiger partial charge in [-0.1, -0.05) is 0 Å². The Morgan fingerprint density at radius 1 is 1.52 bits per heavy atom. The van der Waals surface area contributed by atoms with E-state index in [0.29, 0.717) is 11.7 Å². The summed E-state index contributed by atoms with van der Waals surface area (Å²) in [6, 6.07) is 1.99. The van der Waals surface area contributed by atoms with Gasteiger partial charge in [0.1, 0.15) is 12.4 Å². The first-order valence-corrected chi connectivity index (χ1v) is 7.38. The number of aromatic amines is 1. The predicted octanol–water partition coefficient (Wildman–Crippen LogP) is -0.211. The smallest absolute Gasteiger partial charge is 0.242 e. The third-order valence-corrected chi connectivity index (χ3v) is 3.68. The van der Waals surface area contributed by atoms with Crippen molar-refractivity contribution in [2.75, 3.05) is 18.8 Å². The molecule has 1 fully saturated rings. The number of nitrogens with two attached hydrogens (primary N) is 1. The number of nitrogens with zero attached hydrogens (tertiary/aromatic N) is 4. The minimum atomic E-state index is -0.133. The first-order valence-electron chi connectivity index (χ1n) is 7.38. The average Bonchev–Trinajstić information content (AvgIpc) is 3.15. The highest BCUT2D eigenvalue weighted by atomic mass is 35.5. The first kappa shape index (κ1) is 17.2. The zero-order valence-corrected chi connectivity index (χ0v) is 13.5. The molecule has 1 saturated heterocycles. The number of rotatable bonds is 5. The van der Waals surface area contributed by atoms with Crippen molar-refractivity contribution in [3.63, 3.8) is 0 Å². The summed E-state index contributed by atoms with van der Waals surface area (Å²) in [7, 11) is 0. The van der Waals surface area contributed by atoms with Crippen molar-refractivity contribution in [2.24, 2.45) is 0 Å². The van der Waals surface area contributed by atoms with Crippen molar-refractivity contribution in [1.82, 2.24) is 35.6 Å². The van der Waals surface area contributed by atoms with Gasteiger partial charge in [0.2, 0.25) is 11.9 Å². The van der Waals surface area contributed by atoms with Crippen LogP contribution in [0.15, 0.2) is 12.3 Å². The number of nitrogens with one attached hydrogen (secondary N) is 3. The summed E-state index contributed by atoms with van der Waals surface area (Å²) in [5, 5.41) is 17.0. The summed E-state index contributed by atoms with van der Waals surface area (Å²) in [6.07, 6.45) is 4.15. The maximum atomic E-state index is 11.9. The van der Waals surface area contributed by atoms with Crippen LogP contribution in [0.25, 0.3) is 0 Å². The molecule has 3 rings (SSSR count). The molecule has 5 N–H and O–H groups in total. The summed E-state index contributed by atoms with van der Waals surface area (Å²) < 4.78 is 1.66. The zero-order chi connectivity index (χ0) is 15.4. The Hall–Kier alpha value is -2.13. The number of piperidine rings is 1. The van der Waals surface area contributed by atoms with Gasteiger partial charge in [0, 0.05) is 18.7 Å². The summed E-state index contributed by atoms with van der Waals surface area (Å²) in [5.41, 5.74) is 6.44. The van der Waals surface area contributed by atoms with Gasteiger partial charge in [-0.05, 0) is 25.5 Å². The van der Waals surface area contributed by atoms with E-state index in [4.69, 9.17) is 5.73 Å². The van der Waals surface area contributed by atoms with Crippen LogP contribution in [-0.4, -0.2) is 44.0 Å². The Bertz CT molecular complexity index is 633. The summed E-state index contributed by atoms with van der Waals surface area (Å²) in [6.45, 7) is 2.48. The monoisotopic (exact) mass is 340 g/mol. The normalized spacial score (nSPS) is 17.5. The fourth-order valence-corrected chi connectivity index (χ4v) is 2.56. The van der Waals surface area contributed by atoms with Gasteiger partial charge in [-0.2, -0.15) is 10.1 Å². The van der Waals surface area contributed by atoms with Gasteiger partial charge in [-0.15, -0.1) is 17.5 Å². The highest BCUT2D eigenvalue weighted by Crippen LogP contribution is 2.21. The average molecular weight is 341 g/mol. The molecule has 0 spiro atoms. The van der Waals surface area contributed by atoms with E-state index >= 15 is 0 Å². The molecular formula is C13H21ClN8O.